The second-order valence-corrected chi connectivity index (χ2v) is 6.82. The number of nitrogens with two attached hydrogens (primary N) is 1. The number of sulfonamides is 1. The molecule has 116 valence electrons. The van der Waals surface area contributed by atoms with E-state index in [4.69, 9.17) is 5.73 Å². The average molecular weight is 316 g/mol. The van der Waals surface area contributed by atoms with Crippen LogP contribution < -0.4 is 5.73 Å². The fourth-order valence-corrected chi connectivity index (χ4v) is 3.84. The third kappa shape index (κ3) is 3.16. The Balaban J connectivity index is 2.14. The number of benzene rings is 1. The standard InChI is InChI=1S/C13H17FN2O4S/c1-20-13(17)9-4-6-16(7-5-9)21(18,19)10-2-3-11(14)12(15)8-10/h2-3,8-9H,4-7,15H2,1H3. The van der Waals surface area contributed by atoms with E-state index in [0.29, 0.717) is 12.8 Å². The highest BCUT2D eigenvalue weighted by atomic mass is 32.2. The number of esters is 1. The number of piperidine rings is 1. The van der Waals surface area contributed by atoms with Gasteiger partial charge in [0.25, 0.3) is 0 Å². The van der Waals surface area contributed by atoms with Crippen molar-refractivity contribution in [1.29, 1.82) is 0 Å². The third-order valence-electron chi connectivity index (χ3n) is 3.59. The molecule has 0 amide bonds. The molecule has 0 unspecified atom stereocenters. The van der Waals surface area contributed by atoms with Crippen molar-refractivity contribution < 1.29 is 22.3 Å². The summed E-state index contributed by atoms with van der Waals surface area (Å²) in [7, 11) is -2.41. The zero-order valence-corrected chi connectivity index (χ0v) is 12.4. The minimum atomic E-state index is -3.72. The van der Waals surface area contributed by atoms with Gasteiger partial charge in [-0.3, -0.25) is 4.79 Å². The molecule has 2 N–H and O–H groups in total. The summed E-state index contributed by atoms with van der Waals surface area (Å²) in [6, 6.07) is 3.33. The van der Waals surface area contributed by atoms with Gasteiger partial charge in [0.1, 0.15) is 5.82 Å². The van der Waals surface area contributed by atoms with Gasteiger partial charge in [0.2, 0.25) is 10.0 Å². The molecule has 2 rings (SSSR count). The molecule has 1 aromatic rings. The van der Waals surface area contributed by atoms with Gasteiger partial charge in [-0.2, -0.15) is 4.31 Å². The number of hydrogen-bond acceptors (Lipinski definition) is 5. The number of carbonyl (C=O) groups excluding carboxylic acids is 1. The molecule has 0 spiro atoms. The molecule has 1 fully saturated rings. The van der Waals surface area contributed by atoms with Crippen LogP contribution in [0.15, 0.2) is 23.1 Å². The second-order valence-electron chi connectivity index (χ2n) is 4.88. The number of rotatable bonds is 3. The lowest BCUT2D eigenvalue weighted by molar-refractivity contribution is -0.146. The minimum absolute atomic E-state index is 0.0436. The van der Waals surface area contributed by atoms with Crippen LogP contribution in [-0.4, -0.2) is 38.9 Å². The maximum atomic E-state index is 13.1. The van der Waals surface area contributed by atoms with Crippen LogP contribution in [0.3, 0.4) is 0 Å². The van der Waals surface area contributed by atoms with Gasteiger partial charge < -0.3 is 10.5 Å². The average Bonchev–Trinajstić information content (AvgIpc) is 2.49. The van der Waals surface area contributed by atoms with Gasteiger partial charge in [-0.05, 0) is 31.0 Å². The van der Waals surface area contributed by atoms with Crippen LogP contribution in [0.2, 0.25) is 0 Å². The smallest absolute Gasteiger partial charge is 0.308 e. The number of anilines is 1. The van der Waals surface area contributed by atoms with Crippen LogP contribution in [0.25, 0.3) is 0 Å². The van der Waals surface area contributed by atoms with E-state index in [-0.39, 0.29) is 35.6 Å². The minimum Gasteiger partial charge on any atom is -0.469 e. The normalized spacial score (nSPS) is 17.6. The van der Waals surface area contributed by atoms with E-state index in [1.165, 1.54) is 17.5 Å². The van der Waals surface area contributed by atoms with Crippen molar-refractivity contribution in [2.75, 3.05) is 25.9 Å². The number of nitrogens with zero attached hydrogens (tertiary/aromatic N) is 1. The molecule has 1 heterocycles. The fraction of sp³-hybridized carbons (Fsp3) is 0.462. The molecular weight excluding hydrogens is 299 g/mol. The molecule has 21 heavy (non-hydrogen) atoms. The Morgan fingerprint density at radius 3 is 2.52 bits per heavy atom. The van der Waals surface area contributed by atoms with Gasteiger partial charge in [-0.15, -0.1) is 0 Å². The summed E-state index contributed by atoms with van der Waals surface area (Å²) in [6.07, 6.45) is 0.811. The maximum absolute atomic E-state index is 13.1. The van der Waals surface area contributed by atoms with Crippen LogP contribution in [0.5, 0.6) is 0 Å². The highest BCUT2D eigenvalue weighted by molar-refractivity contribution is 7.89. The number of nitrogen functional groups attached to an aromatic ring is 1. The summed E-state index contributed by atoms with van der Waals surface area (Å²) in [4.78, 5) is 11.4. The summed E-state index contributed by atoms with van der Waals surface area (Å²) < 4.78 is 43.9. The Hall–Kier alpha value is -1.67. The Morgan fingerprint density at radius 2 is 2.00 bits per heavy atom. The Kier molecular flexibility index (Phi) is 4.48. The highest BCUT2D eigenvalue weighted by Crippen LogP contribution is 2.26. The quantitative estimate of drug-likeness (QED) is 0.663. The van der Waals surface area contributed by atoms with Crippen LogP contribution in [0, 0.1) is 11.7 Å². The van der Waals surface area contributed by atoms with Gasteiger partial charge in [0.05, 0.1) is 23.6 Å². The molecule has 1 saturated heterocycles. The molecule has 0 bridgehead atoms. The zero-order chi connectivity index (χ0) is 15.6. The van der Waals surface area contributed by atoms with Crippen molar-refractivity contribution in [2.45, 2.75) is 17.7 Å². The number of halogens is 1. The van der Waals surface area contributed by atoms with E-state index in [1.54, 1.807) is 0 Å². The molecule has 6 nitrogen and oxygen atoms in total. The van der Waals surface area contributed by atoms with E-state index >= 15 is 0 Å². The summed E-state index contributed by atoms with van der Waals surface area (Å²) in [5, 5.41) is 0. The summed E-state index contributed by atoms with van der Waals surface area (Å²) >= 11 is 0. The molecule has 0 saturated carbocycles. The number of methoxy groups -OCH3 is 1. The van der Waals surface area contributed by atoms with Crippen LogP contribution >= 0.6 is 0 Å². The highest BCUT2D eigenvalue weighted by Gasteiger charge is 2.32. The largest absolute Gasteiger partial charge is 0.469 e. The molecule has 0 aromatic heterocycles. The van der Waals surface area contributed by atoms with Crippen molar-refractivity contribution in [3.8, 4) is 0 Å². The van der Waals surface area contributed by atoms with E-state index in [1.807, 2.05) is 0 Å². The predicted octanol–water partition coefficient (Wildman–Crippen LogP) is 0.982. The van der Waals surface area contributed by atoms with Crippen molar-refractivity contribution in [3.05, 3.63) is 24.0 Å². The van der Waals surface area contributed by atoms with Crippen LogP contribution in [-0.2, 0) is 19.6 Å². The summed E-state index contributed by atoms with van der Waals surface area (Å²) in [6.45, 7) is 0.443. The van der Waals surface area contributed by atoms with Gasteiger partial charge in [0, 0.05) is 13.1 Å². The topological polar surface area (TPSA) is 89.7 Å². The van der Waals surface area contributed by atoms with Crippen molar-refractivity contribution in [2.24, 2.45) is 5.92 Å². The molecule has 8 heteroatoms. The lowest BCUT2D eigenvalue weighted by Gasteiger charge is -2.29. The Labute approximate surface area is 122 Å². The van der Waals surface area contributed by atoms with Crippen molar-refractivity contribution in [1.82, 2.24) is 4.31 Å². The first kappa shape index (κ1) is 15.7. The lowest BCUT2D eigenvalue weighted by Crippen LogP contribution is -2.40. The molecule has 1 aliphatic heterocycles. The van der Waals surface area contributed by atoms with Gasteiger partial charge in [-0.1, -0.05) is 0 Å². The van der Waals surface area contributed by atoms with E-state index in [2.05, 4.69) is 4.74 Å². The van der Waals surface area contributed by atoms with Gasteiger partial charge in [0.15, 0.2) is 0 Å². The second kappa shape index (κ2) is 5.98. The lowest BCUT2D eigenvalue weighted by atomic mass is 9.99. The maximum Gasteiger partial charge on any atom is 0.308 e. The molecule has 0 atom stereocenters. The molecular formula is C13H17FN2O4S. The summed E-state index contributed by atoms with van der Waals surface area (Å²) in [5.74, 6) is -1.25. The van der Waals surface area contributed by atoms with Crippen LogP contribution in [0.1, 0.15) is 12.8 Å². The van der Waals surface area contributed by atoms with E-state index in [9.17, 15) is 17.6 Å². The number of hydrogen-bond donors (Lipinski definition) is 1. The van der Waals surface area contributed by atoms with Crippen LogP contribution in [0.4, 0.5) is 10.1 Å². The Morgan fingerprint density at radius 1 is 1.38 bits per heavy atom. The third-order valence-corrected chi connectivity index (χ3v) is 5.49. The monoisotopic (exact) mass is 316 g/mol. The number of carbonyl (C=O) groups is 1. The van der Waals surface area contributed by atoms with Gasteiger partial charge in [-0.25, -0.2) is 12.8 Å². The van der Waals surface area contributed by atoms with E-state index in [0.717, 1.165) is 12.1 Å². The Bertz CT molecular complexity index is 640. The van der Waals surface area contributed by atoms with Crippen molar-refractivity contribution >= 4 is 21.7 Å². The first-order valence-corrected chi connectivity index (χ1v) is 7.93. The zero-order valence-electron chi connectivity index (χ0n) is 11.6. The van der Waals surface area contributed by atoms with E-state index < -0.39 is 15.8 Å². The predicted molar refractivity (Wildman–Crippen MR) is 74.3 cm³/mol. The molecule has 0 aliphatic carbocycles. The first-order chi connectivity index (χ1) is 9.86. The first-order valence-electron chi connectivity index (χ1n) is 6.49. The fourth-order valence-electron chi connectivity index (χ4n) is 2.33. The SMILES string of the molecule is COC(=O)C1CCN(S(=O)(=O)c2ccc(F)c(N)c2)CC1. The summed E-state index contributed by atoms with van der Waals surface area (Å²) in [5.41, 5.74) is 5.20. The van der Waals surface area contributed by atoms with Crippen molar-refractivity contribution in [3.63, 3.8) is 0 Å². The molecule has 1 aromatic carbocycles. The van der Waals surface area contributed by atoms with Gasteiger partial charge >= 0.3 is 5.97 Å². The number of ether oxygens (including phenoxy) is 1. The molecule has 1 aliphatic rings. The molecule has 0 radical (unpaired) electrons.